The van der Waals surface area contributed by atoms with E-state index in [2.05, 4.69) is 32.9 Å². The van der Waals surface area contributed by atoms with Gasteiger partial charge in [-0.2, -0.15) is 0 Å². The molecule has 2 nitrogen and oxygen atoms in total. The molecule has 2 rings (SSSR count). The van der Waals surface area contributed by atoms with Crippen LogP contribution >= 0.6 is 0 Å². The van der Waals surface area contributed by atoms with Crippen LogP contribution in [0.3, 0.4) is 0 Å². The summed E-state index contributed by atoms with van der Waals surface area (Å²) in [7, 11) is 0. The summed E-state index contributed by atoms with van der Waals surface area (Å²) < 4.78 is 0. The molecule has 0 unspecified atom stereocenters. The maximum absolute atomic E-state index is 11.3. The lowest BCUT2D eigenvalue weighted by Gasteiger charge is -2.19. The zero-order chi connectivity index (χ0) is 14.9. The summed E-state index contributed by atoms with van der Waals surface area (Å²) in [4.78, 5) is 11.3. The average molecular weight is 268 g/mol. The summed E-state index contributed by atoms with van der Waals surface area (Å²) in [6.07, 6.45) is 0. The lowest BCUT2D eigenvalue weighted by atomic mass is 9.86. The highest BCUT2D eigenvalue weighted by atomic mass is 16.4. The van der Waals surface area contributed by atoms with Crippen molar-refractivity contribution in [3.63, 3.8) is 0 Å². The second-order valence-corrected chi connectivity index (χ2v) is 6.18. The van der Waals surface area contributed by atoms with Gasteiger partial charge in [-0.3, -0.25) is 0 Å². The van der Waals surface area contributed by atoms with E-state index in [1.54, 1.807) is 6.07 Å². The molecule has 0 aliphatic heterocycles. The number of rotatable bonds is 2. The van der Waals surface area contributed by atoms with Crippen LogP contribution in [-0.4, -0.2) is 11.1 Å². The Balaban J connectivity index is 2.52. The smallest absolute Gasteiger partial charge is 0.336 e. The minimum absolute atomic E-state index is 0.0980. The van der Waals surface area contributed by atoms with Crippen molar-refractivity contribution in [2.45, 2.75) is 33.1 Å². The van der Waals surface area contributed by atoms with Crippen molar-refractivity contribution in [3.05, 3.63) is 59.2 Å². The lowest BCUT2D eigenvalue weighted by molar-refractivity contribution is 0.0697. The van der Waals surface area contributed by atoms with E-state index in [0.29, 0.717) is 5.56 Å². The first-order valence-corrected chi connectivity index (χ1v) is 6.74. The topological polar surface area (TPSA) is 37.3 Å². The van der Waals surface area contributed by atoms with Gasteiger partial charge in [-0.1, -0.05) is 62.7 Å². The van der Waals surface area contributed by atoms with E-state index in [4.69, 9.17) is 0 Å². The zero-order valence-electron chi connectivity index (χ0n) is 12.4. The minimum Gasteiger partial charge on any atom is -0.478 e. The van der Waals surface area contributed by atoms with Gasteiger partial charge in [-0.05, 0) is 35.1 Å². The molecule has 0 saturated heterocycles. The van der Waals surface area contributed by atoms with E-state index in [1.807, 2.05) is 31.2 Å². The third-order valence-corrected chi connectivity index (χ3v) is 3.47. The van der Waals surface area contributed by atoms with Gasteiger partial charge in [0.25, 0.3) is 0 Å². The van der Waals surface area contributed by atoms with E-state index in [9.17, 15) is 9.90 Å². The summed E-state index contributed by atoms with van der Waals surface area (Å²) in [5, 5.41) is 9.30. The number of benzene rings is 2. The van der Waals surface area contributed by atoms with Crippen LogP contribution in [0.4, 0.5) is 0 Å². The molecular weight excluding hydrogens is 248 g/mol. The summed E-state index contributed by atoms with van der Waals surface area (Å²) in [5.74, 6) is -0.889. The molecule has 2 aromatic rings. The van der Waals surface area contributed by atoms with Crippen molar-refractivity contribution < 1.29 is 9.90 Å². The van der Waals surface area contributed by atoms with Gasteiger partial charge in [0.2, 0.25) is 0 Å². The number of aryl methyl sites for hydroxylation is 1. The van der Waals surface area contributed by atoms with E-state index in [-0.39, 0.29) is 5.41 Å². The highest BCUT2D eigenvalue weighted by Gasteiger charge is 2.15. The van der Waals surface area contributed by atoms with Crippen molar-refractivity contribution in [3.8, 4) is 11.1 Å². The molecule has 20 heavy (non-hydrogen) atoms. The van der Waals surface area contributed by atoms with Gasteiger partial charge in [0.05, 0.1) is 5.56 Å². The predicted octanol–water partition coefficient (Wildman–Crippen LogP) is 4.66. The van der Waals surface area contributed by atoms with Gasteiger partial charge in [0, 0.05) is 0 Å². The van der Waals surface area contributed by atoms with Crippen molar-refractivity contribution in [1.29, 1.82) is 0 Å². The van der Waals surface area contributed by atoms with Gasteiger partial charge in [0.1, 0.15) is 0 Å². The lowest BCUT2D eigenvalue weighted by Crippen LogP contribution is -2.10. The monoisotopic (exact) mass is 268 g/mol. The van der Waals surface area contributed by atoms with Crippen LogP contribution in [0.15, 0.2) is 42.5 Å². The Morgan fingerprint density at radius 2 is 1.60 bits per heavy atom. The molecule has 0 aromatic heterocycles. The Bertz CT molecular complexity index is 631. The fourth-order valence-corrected chi connectivity index (χ4v) is 2.23. The maximum atomic E-state index is 11.3. The number of aromatic carboxylic acids is 1. The first-order chi connectivity index (χ1) is 9.29. The molecule has 0 spiro atoms. The van der Waals surface area contributed by atoms with E-state index < -0.39 is 5.97 Å². The minimum atomic E-state index is -0.889. The number of hydrogen-bond donors (Lipinski definition) is 1. The molecule has 0 bridgehead atoms. The Kier molecular flexibility index (Phi) is 3.67. The van der Waals surface area contributed by atoms with Gasteiger partial charge >= 0.3 is 5.97 Å². The van der Waals surface area contributed by atoms with Gasteiger partial charge in [-0.15, -0.1) is 0 Å². The van der Waals surface area contributed by atoms with E-state index >= 15 is 0 Å². The molecule has 104 valence electrons. The van der Waals surface area contributed by atoms with Crippen molar-refractivity contribution in [2.24, 2.45) is 0 Å². The number of carbonyl (C=O) groups is 1. The van der Waals surface area contributed by atoms with Gasteiger partial charge in [-0.25, -0.2) is 4.79 Å². The van der Waals surface area contributed by atoms with Crippen LogP contribution in [0.5, 0.6) is 0 Å². The first-order valence-electron chi connectivity index (χ1n) is 6.74. The largest absolute Gasteiger partial charge is 0.478 e. The van der Waals surface area contributed by atoms with Crippen LogP contribution in [0.25, 0.3) is 11.1 Å². The third-order valence-electron chi connectivity index (χ3n) is 3.47. The average Bonchev–Trinajstić information content (AvgIpc) is 2.37. The van der Waals surface area contributed by atoms with Crippen LogP contribution in [0, 0.1) is 6.92 Å². The number of carboxylic acid groups (broad SMARTS) is 1. The van der Waals surface area contributed by atoms with Crippen LogP contribution in [-0.2, 0) is 5.41 Å². The summed E-state index contributed by atoms with van der Waals surface area (Å²) in [5.41, 5.74) is 4.47. The molecule has 0 aliphatic rings. The molecular formula is C18H20O2. The summed E-state index contributed by atoms with van der Waals surface area (Å²) in [6.45, 7) is 8.46. The maximum Gasteiger partial charge on any atom is 0.336 e. The summed E-state index contributed by atoms with van der Waals surface area (Å²) >= 11 is 0. The van der Waals surface area contributed by atoms with Crippen LogP contribution in [0.1, 0.15) is 42.3 Å². The molecule has 2 heteroatoms. The molecule has 0 atom stereocenters. The molecule has 0 radical (unpaired) electrons. The van der Waals surface area contributed by atoms with E-state index in [1.165, 1.54) is 5.56 Å². The number of carboxylic acids is 1. The fourth-order valence-electron chi connectivity index (χ4n) is 2.23. The molecule has 0 fully saturated rings. The highest BCUT2D eigenvalue weighted by Crippen LogP contribution is 2.28. The Morgan fingerprint density at radius 1 is 1.00 bits per heavy atom. The van der Waals surface area contributed by atoms with Crippen LogP contribution < -0.4 is 0 Å². The Hall–Kier alpha value is -2.09. The van der Waals surface area contributed by atoms with Crippen molar-refractivity contribution >= 4 is 5.97 Å². The Labute approximate surface area is 120 Å². The highest BCUT2D eigenvalue weighted by molar-refractivity contribution is 5.96. The fraction of sp³-hybridized carbons (Fsp3) is 0.278. The third kappa shape index (κ3) is 2.90. The standard InChI is InChI=1S/C18H20O2/c1-12-5-10-15(17(19)20)16(11-12)13-6-8-14(9-7-13)18(2,3)4/h5-11H,1-4H3,(H,19,20). The molecule has 0 heterocycles. The van der Waals surface area contributed by atoms with Crippen molar-refractivity contribution in [2.75, 3.05) is 0 Å². The molecule has 2 aromatic carbocycles. The predicted molar refractivity (Wildman–Crippen MR) is 82.3 cm³/mol. The second-order valence-electron chi connectivity index (χ2n) is 6.18. The van der Waals surface area contributed by atoms with Gasteiger partial charge < -0.3 is 5.11 Å². The van der Waals surface area contributed by atoms with Gasteiger partial charge in [0.15, 0.2) is 0 Å². The molecule has 0 aliphatic carbocycles. The summed E-state index contributed by atoms with van der Waals surface area (Å²) in [6, 6.07) is 13.6. The Morgan fingerprint density at radius 3 is 2.10 bits per heavy atom. The first kappa shape index (κ1) is 14.3. The van der Waals surface area contributed by atoms with Crippen LogP contribution in [0.2, 0.25) is 0 Å². The molecule has 0 saturated carbocycles. The quantitative estimate of drug-likeness (QED) is 0.860. The second kappa shape index (κ2) is 5.12. The normalized spacial score (nSPS) is 11.4. The zero-order valence-corrected chi connectivity index (χ0v) is 12.4. The number of hydrogen-bond acceptors (Lipinski definition) is 1. The van der Waals surface area contributed by atoms with Crippen molar-refractivity contribution in [1.82, 2.24) is 0 Å². The molecule has 0 amide bonds. The van der Waals surface area contributed by atoms with E-state index in [0.717, 1.165) is 16.7 Å². The molecule has 1 N–H and O–H groups in total. The SMILES string of the molecule is Cc1ccc(C(=O)O)c(-c2ccc(C(C)(C)C)cc2)c1.